The first-order valence-corrected chi connectivity index (χ1v) is 33.5. The van der Waals surface area contributed by atoms with Crippen LogP contribution in [0.5, 0.6) is 0 Å². The first-order chi connectivity index (χ1) is 39.5. The van der Waals surface area contributed by atoms with E-state index in [0.717, 1.165) is 122 Å². The molecular weight excluding hydrogens is 985 g/mol. The van der Waals surface area contributed by atoms with Gasteiger partial charge in [0.1, 0.15) is 13.2 Å². The topological polar surface area (TPSA) is 78.9 Å². The molecule has 456 valence electrons. The third-order valence-electron chi connectivity index (χ3n) is 14.2. The highest BCUT2D eigenvalue weighted by molar-refractivity contribution is 5.71. The molecule has 6 heteroatoms. The number of carbonyl (C=O) groups excluding carboxylic acids is 3. The van der Waals surface area contributed by atoms with Crippen molar-refractivity contribution in [2.24, 2.45) is 0 Å². The summed E-state index contributed by atoms with van der Waals surface area (Å²) in [6.45, 7) is 6.49. The number of ether oxygens (including phenoxy) is 3. The van der Waals surface area contributed by atoms with Crippen molar-refractivity contribution in [2.75, 3.05) is 13.2 Å². The third-order valence-corrected chi connectivity index (χ3v) is 14.2. The van der Waals surface area contributed by atoms with E-state index in [-0.39, 0.29) is 31.1 Å². The van der Waals surface area contributed by atoms with Gasteiger partial charge in [-0.15, -0.1) is 0 Å². The lowest BCUT2D eigenvalue weighted by molar-refractivity contribution is -0.167. The van der Waals surface area contributed by atoms with Gasteiger partial charge >= 0.3 is 17.9 Å². The Kier molecular flexibility index (Phi) is 63.8. The van der Waals surface area contributed by atoms with E-state index in [2.05, 4.69) is 142 Å². The Balaban J connectivity index is 4.33. The SMILES string of the molecule is CC/C=C\C/C=C\C/C=C\C/C=C\C/C=C\C/C=C\C/C=C\CCCCCCCCCC(=O)OCC(COC(=O)CCCCCCC/C=C\CCCCC)OC(=O)CCCCCCCCCCC/C=C\C/C=C\CCCCCCC. The standard InChI is InChI=1S/C74H124O6/c1-4-7-10-13-16-19-22-25-27-29-31-33-34-35-36-37-38-39-40-42-43-45-47-49-52-55-58-61-64-67-73(76)79-70-71(69-78-72(75)66-63-60-57-54-51-24-21-18-15-12-9-6-3)80-74(77)68-65-62-59-56-53-50-48-46-44-41-32-30-28-26-23-20-17-14-11-8-5-2/h7,10,16,18-19,21,23,25-27,30-33,35-36,38-39,42-43,71H,4-6,8-9,11-15,17,20,22,24,28-29,34,37,40-41,44-70H2,1-3H3/b10-7-,19-16-,21-18-,26-23-,27-25-,32-30-,33-31-,36-35-,39-38-,43-42-. The second-order valence-electron chi connectivity index (χ2n) is 22.0. The second kappa shape index (κ2) is 67.3. The lowest BCUT2D eigenvalue weighted by Crippen LogP contribution is -2.30. The highest BCUT2D eigenvalue weighted by Gasteiger charge is 2.19. The zero-order valence-corrected chi connectivity index (χ0v) is 52.3. The van der Waals surface area contributed by atoms with Crippen LogP contribution in [0.15, 0.2) is 122 Å². The van der Waals surface area contributed by atoms with Gasteiger partial charge in [-0.3, -0.25) is 14.4 Å². The number of hydrogen-bond acceptors (Lipinski definition) is 6. The molecule has 1 atom stereocenters. The van der Waals surface area contributed by atoms with Gasteiger partial charge in [0.05, 0.1) is 0 Å². The van der Waals surface area contributed by atoms with Crippen molar-refractivity contribution < 1.29 is 28.6 Å². The van der Waals surface area contributed by atoms with Gasteiger partial charge in [0.2, 0.25) is 0 Å². The maximum Gasteiger partial charge on any atom is 0.306 e. The van der Waals surface area contributed by atoms with Gasteiger partial charge in [0.15, 0.2) is 6.10 Å². The van der Waals surface area contributed by atoms with E-state index in [0.29, 0.717) is 19.3 Å². The van der Waals surface area contributed by atoms with Crippen LogP contribution in [0.25, 0.3) is 0 Å². The Labute approximate surface area is 494 Å². The van der Waals surface area contributed by atoms with Crippen LogP contribution in [0.4, 0.5) is 0 Å². The monoisotopic (exact) mass is 1110 g/mol. The summed E-state index contributed by atoms with van der Waals surface area (Å²) in [5.74, 6) is -0.906. The van der Waals surface area contributed by atoms with Crippen molar-refractivity contribution in [3.63, 3.8) is 0 Å². The van der Waals surface area contributed by atoms with E-state index in [1.54, 1.807) is 0 Å². The molecule has 0 aromatic rings. The Bertz CT molecular complexity index is 1650. The fourth-order valence-electron chi connectivity index (χ4n) is 9.15. The van der Waals surface area contributed by atoms with E-state index < -0.39 is 6.10 Å². The summed E-state index contributed by atoms with van der Waals surface area (Å²) in [5.41, 5.74) is 0. The van der Waals surface area contributed by atoms with Gasteiger partial charge in [-0.2, -0.15) is 0 Å². The lowest BCUT2D eigenvalue weighted by Gasteiger charge is -2.18. The molecule has 1 unspecified atom stereocenters. The minimum atomic E-state index is -0.792. The molecule has 0 rings (SSSR count). The molecule has 0 spiro atoms. The van der Waals surface area contributed by atoms with Crippen LogP contribution in [-0.4, -0.2) is 37.2 Å². The van der Waals surface area contributed by atoms with Crippen LogP contribution < -0.4 is 0 Å². The molecule has 80 heavy (non-hydrogen) atoms. The van der Waals surface area contributed by atoms with Crippen molar-refractivity contribution in [1.29, 1.82) is 0 Å². The van der Waals surface area contributed by atoms with Gasteiger partial charge in [0.25, 0.3) is 0 Å². The van der Waals surface area contributed by atoms with Crippen LogP contribution in [0, 0.1) is 0 Å². The molecular formula is C74H124O6. The van der Waals surface area contributed by atoms with Crippen LogP contribution in [0.1, 0.15) is 310 Å². The summed E-state index contributed by atoms with van der Waals surface area (Å²) in [5, 5.41) is 0. The van der Waals surface area contributed by atoms with Crippen LogP contribution in [-0.2, 0) is 28.6 Å². The number of allylic oxidation sites excluding steroid dienone is 20. The molecule has 0 saturated carbocycles. The van der Waals surface area contributed by atoms with Crippen molar-refractivity contribution in [3.05, 3.63) is 122 Å². The molecule has 0 aliphatic carbocycles. The van der Waals surface area contributed by atoms with Gasteiger partial charge in [-0.25, -0.2) is 0 Å². The fourth-order valence-corrected chi connectivity index (χ4v) is 9.15. The van der Waals surface area contributed by atoms with Gasteiger partial charge in [-0.1, -0.05) is 277 Å². The number of hydrogen-bond donors (Lipinski definition) is 0. The van der Waals surface area contributed by atoms with E-state index in [1.165, 1.54) is 148 Å². The first kappa shape index (κ1) is 75.8. The molecule has 0 heterocycles. The summed E-state index contributed by atoms with van der Waals surface area (Å²) in [7, 11) is 0. The van der Waals surface area contributed by atoms with Gasteiger partial charge in [0, 0.05) is 19.3 Å². The van der Waals surface area contributed by atoms with Crippen LogP contribution in [0.2, 0.25) is 0 Å². The van der Waals surface area contributed by atoms with E-state index >= 15 is 0 Å². The van der Waals surface area contributed by atoms with Crippen LogP contribution >= 0.6 is 0 Å². The minimum Gasteiger partial charge on any atom is -0.462 e. The molecule has 0 aromatic heterocycles. The average molecular weight is 1110 g/mol. The van der Waals surface area contributed by atoms with E-state index in [4.69, 9.17) is 14.2 Å². The lowest BCUT2D eigenvalue weighted by atomic mass is 10.1. The van der Waals surface area contributed by atoms with E-state index in [1.807, 2.05) is 0 Å². The van der Waals surface area contributed by atoms with E-state index in [9.17, 15) is 14.4 Å². The molecule has 0 aliphatic heterocycles. The molecule has 0 amide bonds. The molecule has 6 nitrogen and oxygen atoms in total. The number of esters is 3. The summed E-state index contributed by atoms with van der Waals surface area (Å²) >= 11 is 0. The molecule has 0 fully saturated rings. The predicted molar refractivity (Wildman–Crippen MR) is 348 cm³/mol. The smallest absolute Gasteiger partial charge is 0.306 e. The number of carbonyl (C=O) groups is 3. The van der Waals surface area contributed by atoms with Crippen molar-refractivity contribution >= 4 is 17.9 Å². The Morgan fingerprint density at radius 1 is 0.263 bits per heavy atom. The molecule has 0 radical (unpaired) electrons. The largest absolute Gasteiger partial charge is 0.462 e. The Morgan fingerprint density at radius 3 is 0.800 bits per heavy atom. The molecule has 0 aromatic carbocycles. The fraction of sp³-hybridized carbons (Fsp3) is 0.689. The maximum absolute atomic E-state index is 12.9. The zero-order valence-electron chi connectivity index (χ0n) is 52.3. The molecule has 0 aliphatic rings. The number of rotatable bonds is 60. The summed E-state index contributed by atoms with van der Waals surface area (Å²) in [6.07, 6.45) is 93.5. The second-order valence-corrected chi connectivity index (χ2v) is 22.0. The van der Waals surface area contributed by atoms with Gasteiger partial charge < -0.3 is 14.2 Å². The maximum atomic E-state index is 12.9. The Hall–Kier alpha value is -4.19. The summed E-state index contributed by atoms with van der Waals surface area (Å²) in [4.78, 5) is 38.3. The number of unbranched alkanes of at least 4 members (excludes halogenated alkanes) is 29. The van der Waals surface area contributed by atoms with Gasteiger partial charge in [-0.05, 0) is 135 Å². The normalized spacial score (nSPS) is 12.9. The minimum absolute atomic E-state index is 0.0886. The third kappa shape index (κ3) is 64.6. The molecule has 0 N–H and O–H groups in total. The summed E-state index contributed by atoms with van der Waals surface area (Å²) in [6, 6.07) is 0. The molecule has 0 bridgehead atoms. The highest BCUT2D eigenvalue weighted by atomic mass is 16.6. The average Bonchev–Trinajstić information content (AvgIpc) is 3.46. The van der Waals surface area contributed by atoms with Crippen LogP contribution in [0.3, 0.4) is 0 Å². The Morgan fingerprint density at radius 2 is 0.487 bits per heavy atom. The van der Waals surface area contributed by atoms with Crippen molar-refractivity contribution in [2.45, 2.75) is 316 Å². The quantitative estimate of drug-likeness (QED) is 0.0261. The van der Waals surface area contributed by atoms with Crippen molar-refractivity contribution in [3.8, 4) is 0 Å². The predicted octanol–water partition coefficient (Wildman–Crippen LogP) is 23.2. The highest BCUT2D eigenvalue weighted by Crippen LogP contribution is 2.15. The summed E-state index contributed by atoms with van der Waals surface area (Å²) < 4.78 is 16.9. The van der Waals surface area contributed by atoms with Crippen molar-refractivity contribution in [1.82, 2.24) is 0 Å². The zero-order chi connectivity index (χ0) is 57.8. The molecule has 0 saturated heterocycles. The first-order valence-electron chi connectivity index (χ1n) is 33.5.